The number of aliphatic imine (C=N–C) groups is 1. The van der Waals surface area contributed by atoms with Gasteiger partial charge in [-0.3, -0.25) is 29.7 Å². The van der Waals surface area contributed by atoms with Crippen molar-refractivity contribution >= 4 is 42.0 Å². The van der Waals surface area contributed by atoms with Gasteiger partial charge < -0.3 is 10.1 Å². The van der Waals surface area contributed by atoms with Crippen LogP contribution >= 0.6 is 11.6 Å². The second-order valence-electron chi connectivity index (χ2n) is 14.4. The highest BCUT2D eigenvalue weighted by Gasteiger charge is 2.57. The molecule has 0 spiro atoms. The van der Waals surface area contributed by atoms with Crippen LogP contribution < -0.4 is 5.32 Å². The van der Waals surface area contributed by atoms with Gasteiger partial charge in [-0.1, -0.05) is 81.4 Å². The van der Waals surface area contributed by atoms with Crippen molar-refractivity contribution in [3.8, 4) is 11.1 Å². The summed E-state index contributed by atoms with van der Waals surface area (Å²) in [6.07, 6.45) is 10.4. The topological polar surface area (TPSA) is 116 Å². The number of carbonyl (C=O) groups is 2. The SMILES string of the molecule is C=N/C(=C\C=C/C)c1cc([C@@H](COC(=O)N2CC(F)(F)C2)N2C(=N)N[C@](C(=C)C(C)(C)C)(c3ccc(-c4cnn(C5CC5)c4)cc3)C2=O)ccc1Cl. The zero-order valence-electron chi connectivity index (χ0n) is 29.6. The fourth-order valence-corrected chi connectivity index (χ4v) is 6.72. The van der Waals surface area contributed by atoms with Crippen molar-refractivity contribution in [3.63, 3.8) is 0 Å². The molecule has 0 bridgehead atoms. The lowest BCUT2D eigenvalue weighted by Gasteiger charge is -2.38. The lowest BCUT2D eigenvalue weighted by molar-refractivity contribution is -0.133. The van der Waals surface area contributed by atoms with E-state index in [0.29, 0.717) is 39.0 Å². The zero-order chi connectivity index (χ0) is 37.6. The first-order valence-corrected chi connectivity index (χ1v) is 17.4. The fraction of sp³-hybridized carbons (Fsp3) is 0.359. The predicted molar refractivity (Wildman–Crippen MR) is 198 cm³/mol. The number of benzene rings is 2. The lowest BCUT2D eigenvalue weighted by Crippen LogP contribution is -2.58. The summed E-state index contributed by atoms with van der Waals surface area (Å²) in [6.45, 7) is 13.8. The van der Waals surface area contributed by atoms with Crippen molar-refractivity contribution in [2.24, 2.45) is 10.4 Å². The third-order valence-corrected chi connectivity index (χ3v) is 9.99. The van der Waals surface area contributed by atoms with Crippen molar-refractivity contribution in [2.45, 2.75) is 64.1 Å². The summed E-state index contributed by atoms with van der Waals surface area (Å²) in [5.41, 5.74) is 2.13. The number of likely N-dealkylation sites (tertiary alicyclic amines) is 1. The molecule has 1 aromatic heterocycles. The molecule has 6 rings (SSSR count). The minimum absolute atomic E-state index is 0.259. The van der Waals surface area contributed by atoms with E-state index in [-0.39, 0.29) is 5.96 Å². The van der Waals surface area contributed by atoms with Gasteiger partial charge in [0.05, 0.1) is 37.1 Å². The number of carbonyl (C=O) groups excluding carboxylic acids is 2. The van der Waals surface area contributed by atoms with Crippen LogP contribution in [0, 0.1) is 10.8 Å². The van der Waals surface area contributed by atoms with E-state index in [1.165, 1.54) is 4.90 Å². The van der Waals surface area contributed by atoms with Crippen molar-refractivity contribution in [1.29, 1.82) is 5.41 Å². The Morgan fingerprint density at radius 2 is 1.88 bits per heavy atom. The largest absolute Gasteiger partial charge is 0.447 e. The van der Waals surface area contributed by atoms with Gasteiger partial charge in [0.1, 0.15) is 6.61 Å². The number of nitrogens with zero attached hydrogens (tertiary/aromatic N) is 5. The quantitative estimate of drug-likeness (QED) is 0.117. The Balaban J connectivity index is 1.41. The second kappa shape index (κ2) is 13.8. The van der Waals surface area contributed by atoms with Gasteiger partial charge in [0.25, 0.3) is 11.8 Å². The zero-order valence-corrected chi connectivity index (χ0v) is 30.4. The van der Waals surface area contributed by atoms with Gasteiger partial charge >= 0.3 is 6.09 Å². The molecule has 3 aromatic rings. The van der Waals surface area contributed by atoms with E-state index in [1.54, 1.807) is 30.4 Å². The molecule has 0 unspecified atom stereocenters. The summed E-state index contributed by atoms with van der Waals surface area (Å²) in [4.78, 5) is 34.3. The Kier molecular flexibility index (Phi) is 9.73. The highest BCUT2D eigenvalue weighted by atomic mass is 35.5. The van der Waals surface area contributed by atoms with Gasteiger partial charge in [-0.2, -0.15) is 5.10 Å². The third-order valence-electron chi connectivity index (χ3n) is 9.67. The first-order chi connectivity index (χ1) is 24.6. The molecule has 13 heteroatoms. The summed E-state index contributed by atoms with van der Waals surface area (Å²) >= 11 is 6.62. The average Bonchev–Trinajstić information content (AvgIpc) is 3.76. The van der Waals surface area contributed by atoms with E-state index in [4.69, 9.17) is 16.3 Å². The molecule has 2 aliphatic heterocycles. The molecule has 1 aliphatic carbocycles. The molecule has 3 heterocycles. The number of ether oxygens (including phenoxy) is 1. The van der Waals surface area contributed by atoms with Gasteiger partial charge in [0, 0.05) is 22.3 Å². The van der Waals surface area contributed by atoms with Gasteiger partial charge in [0.15, 0.2) is 11.5 Å². The molecule has 2 amide bonds. The number of rotatable bonds is 11. The minimum atomic E-state index is -2.99. The maximum atomic E-state index is 15.1. The summed E-state index contributed by atoms with van der Waals surface area (Å²) in [6, 6.07) is 11.8. The first kappa shape index (κ1) is 36.7. The number of hydrogen-bond acceptors (Lipinski definition) is 6. The number of amides is 2. The fourth-order valence-electron chi connectivity index (χ4n) is 6.51. The molecule has 2 saturated heterocycles. The Hall–Kier alpha value is -5.10. The van der Waals surface area contributed by atoms with Crippen LogP contribution in [0.5, 0.6) is 0 Å². The van der Waals surface area contributed by atoms with E-state index in [9.17, 15) is 19.0 Å². The molecule has 2 aromatic carbocycles. The average molecular weight is 730 g/mol. The Morgan fingerprint density at radius 1 is 1.19 bits per heavy atom. The highest BCUT2D eigenvalue weighted by Crippen LogP contribution is 2.46. The summed E-state index contributed by atoms with van der Waals surface area (Å²) in [7, 11) is 0. The Labute approximate surface area is 307 Å². The maximum Gasteiger partial charge on any atom is 0.410 e. The number of alkyl halides is 2. The van der Waals surface area contributed by atoms with E-state index in [2.05, 4.69) is 28.7 Å². The monoisotopic (exact) mass is 729 g/mol. The van der Waals surface area contributed by atoms with Crippen LogP contribution in [0.25, 0.3) is 16.8 Å². The van der Waals surface area contributed by atoms with Gasteiger partial charge in [-0.05, 0) is 72.4 Å². The van der Waals surface area contributed by atoms with Gasteiger partial charge in [-0.25, -0.2) is 13.6 Å². The summed E-state index contributed by atoms with van der Waals surface area (Å²) < 4.78 is 34.8. The minimum Gasteiger partial charge on any atom is -0.447 e. The standard InChI is InChI=1S/C39H42ClF2N7O3/c1-7-8-9-32(44-6)30-18-26(12-17-31(30)40)33(21-52-36(51)47-22-38(41,42)23-47)49-34(50)39(46-35(49)43,24(2)37(3,4)5)28-13-10-25(11-14-28)27-19-45-48(20-27)29-15-16-29/h7-14,17-20,29,33H,2,6,15-16,21-23H2,1,3-5H3,(H2,43,46)/b8-7-,32-9-/t33-,39-/m1/s1. The van der Waals surface area contributed by atoms with Crippen molar-refractivity contribution in [3.05, 3.63) is 107 Å². The van der Waals surface area contributed by atoms with Crippen molar-refractivity contribution in [1.82, 2.24) is 24.9 Å². The molecule has 2 N–H and O–H groups in total. The van der Waals surface area contributed by atoms with Gasteiger partial charge in [0.2, 0.25) is 0 Å². The highest BCUT2D eigenvalue weighted by molar-refractivity contribution is 6.32. The molecule has 2 atom stereocenters. The van der Waals surface area contributed by atoms with Crippen molar-refractivity contribution in [2.75, 3.05) is 19.7 Å². The molecular weight excluding hydrogens is 688 g/mol. The number of halogens is 3. The van der Waals surface area contributed by atoms with E-state index >= 15 is 4.79 Å². The molecule has 52 heavy (non-hydrogen) atoms. The number of nitrogens with one attached hydrogen (secondary N) is 2. The maximum absolute atomic E-state index is 15.1. The summed E-state index contributed by atoms with van der Waals surface area (Å²) in [5.74, 6) is -3.77. The van der Waals surface area contributed by atoms with E-state index < -0.39 is 54.6 Å². The Bertz CT molecular complexity index is 1990. The molecule has 1 saturated carbocycles. The number of aromatic nitrogens is 2. The summed E-state index contributed by atoms with van der Waals surface area (Å²) in [5, 5.41) is 17.3. The third kappa shape index (κ3) is 6.91. The second-order valence-corrected chi connectivity index (χ2v) is 14.8. The van der Waals surface area contributed by atoms with Crippen LogP contribution in [-0.2, 0) is 15.1 Å². The van der Waals surface area contributed by atoms with Crippen molar-refractivity contribution < 1.29 is 23.1 Å². The smallest absolute Gasteiger partial charge is 0.410 e. The van der Waals surface area contributed by atoms with Crippen LogP contribution in [0.1, 0.15) is 69.3 Å². The van der Waals surface area contributed by atoms with E-state index in [1.807, 2.05) is 75.1 Å². The van der Waals surface area contributed by atoms with Gasteiger partial charge in [-0.15, -0.1) is 0 Å². The van der Waals surface area contributed by atoms with Crippen LogP contribution in [0.4, 0.5) is 13.6 Å². The van der Waals surface area contributed by atoms with Crippen LogP contribution in [-0.4, -0.2) is 69.9 Å². The first-order valence-electron chi connectivity index (χ1n) is 17.0. The van der Waals surface area contributed by atoms with Crippen LogP contribution in [0.3, 0.4) is 0 Å². The normalized spacial score (nSPS) is 20.9. The molecule has 0 radical (unpaired) electrons. The lowest BCUT2D eigenvalue weighted by atomic mass is 9.71. The molecule has 272 valence electrons. The van der Waals surface area contributed by atoms with E-state index in [0.717, 1.165) is 28.9 Å². The molecule has 10 nitrogen and oxygen atoms in total. The number of allylic oxidation sites excluding steroid dienone is 3. The number of guanidine groups is 1. The van der Waals surface area contributed by atoms with Crippen LogP contribution in [0.2, 0.25) is 5.02 Å². The Morgan fingerprint density at radius 3 is 2.48 bits per heavy atom. The molecule has 3 aliphatic rings. The van der Waals surface area contributed by atoms with Crippen LogP contribution in [0.15, 0.2) is 90.2 Å². The number of hydrogen-bond donors (Lipinski definition) is 2. The molecule has 3 fully saturated rings. The molecular formula is C39H42ClF2N7O3. The predicted octanol–water partition coefficient (Wildman–Crippen LogP) is 8.15.